The van der Waals surface area contributed by atoms with Gasteiger partial charge in [0.1, 0.15) is 0 Å². The van der Waals surface area contributed by atoms with Crippen molar-refractivity contribution in [2.75, 3.05) is 7.11 Å². The van der Waals surface area contributed by atoms with Gasteiger partial charge in [0, 0.05) is 6.20 Å². The molecule has 0 fully saturated rings. The van der Waals surface area contributed by atoms with Crippen molar-refractivity contribution in [2.24, 2.45) is 0 Å². The van der Waals surface area contributed by atoms with Crippen LogP contribution in [0.1, 0.15) is 0 Å². The van der Waals surface area contributed by atoms with Crippen molar-refractivity contribution in [1.82, 2.24) is 9.97 Å². The highest BCUT2D eigenvalue weighted by atomic mass is 16.5. The number of aromatic nitrogens is 2. The van der Waals surface area contributed by atoms with Gasteiger partial charge in [0.05, 0.1) is 13.3 Å². The number of nitrogens with one attached hydrogen (secondary N) is 1. The lowest BCUT2D eigenvalue weighted by Crippen LogP contribution is -1.82. The zero-order chi connectivity index (χ0) is 5.11. The largest absolute Gasteiger partial charge is 0.467 e. The molecule has 0 radical (unpaired) electrons. The molecule has 36 valence electrons. The maximum atomic E-state index is 4.62. The standard InChI is InChI=1S/C4H4N2O/c1-7-4-5-2-3-6-4/h1H3,(H,5,6). The van der Waals surface area contributed by atoms with Crippen molar-refractivity contribution in [3.05, 3.63) is 12.4 Å². The highest BCUT2D eigenvalue weighted by molar-refractivity contribution is 4.84. The van der Waals surface area contributed by atoms with Crippen LogP contribution in [-0.4, -0.2) is 17.1 Å². The van der Waals surface area contributed by atoms with Crippen molar-refractivity contribution in [1.29, 1.82) is 0 Å². The third-order valence-corrected chi connectivity index (χ3v) is 0.576. The summed E-state index contributed by atoms with van der Waals surface area (Å²) in [4.78, 5) is 6.15. The SMILES string of the molecule is COc1nc#c[nH]1. The van der Waals surface area contributed by atoms with Gasteiger partial charge in [-0.2, -0.15) is 0 Å². The van der Waals surface area contributed by atoms with Gasteiger partial charge in [-0.1, -0.05) is 0 Å². The molecule has 0 atom stereocenters. The molecular formula is C4H4N2O. The molecule has 0 aliphatic heterocycles. The number of rotatable bonds is 1. The number of aromatic amines is 1. The first-order valence-corrected chi connectivity index (χ1v) is 1.81. The number of nitrogens with zero attached hydrogens (tertiary/aromatic N) is 1. The van der Waals surface area contributed by atoms with Gasteiger partial charge in [-0.25, -0.2) is 0 Å². The van der Waals surface area contributed by atoms with Crippen LogP contribution in [0, 0.1) is 12.4 Å². The number of H-pyrrole nitrogens is 1. The molecule has 1 N–H and O–H groups in total. The first kappa shape index (κ1) is 4.00. The Morgan fingerprint density at radius 1 is 1.86 bits per heavy atom. The molecule has 3 nitrogen and oxygen atoms in total. The summed E-state index contributed by atoms with van der Waals surface area (Å²) in [6.07, 6.45) is 4.92. The summed E-state index contributed by atoms with van der Waals surface area (Å²) >= 11 is 0. The maximum Gasteiger partial charge on any atom is 0.310 e. The van der Waals surface area contributed by atoms with E-state index in [0.717, 1.165) is 0 Å². The molecule has 3 heteroatoms. The molecule has 0 saturated heterocycles. The van der Waals surface area contributed by atoms with Crippen LogP contribution in [0.25, 0.3) is 0 Å². The Hall–Kier alpha value is -1.17. The lowest BCUT2D eigenvalue weighted by atomic mass is 11.2. The van der Waals surface area contributed by atoms with Crippen molar-refractivity contribution >= 4 is 0 Å². The van der Waals surface area contributed by atoms with Crippen LogP contribution < -0.4 is 4.74 Å². The molecule has 0 aliphatic rings. The fraction of sp³-hybridized carbons (Fsp3) is 0.250. The smallest absolute Gasteiger partial charge is 0.310 e. The molecule has 1 aromatic heterocycles. The van der Waals surface area contributed by atoms with Crippen LogP contribution >= 0.6 is 0 Å². The van der Waals surface area contributed by atoms with Gasteiger partial charge in [0.2, 0.25) is 0 Å². The van der Waals surface area contributed by atoms with Crippen LogP contribution in [0.3, 0.4) is 0 Å². The van der Waals surface area contributed by atoms with Crippen molar-refractivity contribution in [3.8, 4) is 6.01 Å². The minimum atomic E-state index is 0.444. The molecule has 0 aliphatic carbocycles. The summed E-state index contributed by atoms with van der Waals surface area (Å²) < 4.78 is 4.62. The topological polar surface area (TPSA) is 37.9 Å². The van der Waals surface area contributed by atoms with Crippen molar-refractivity contribution in [3.63, 3.8) is 0 Å². The van der Waals surface area contributed by atoms with Crippen LogP contribution in [0.4, 0.5) is 0 Å². The minimum Gasteiger partial charge on any atom is -0.467 e. The van der Waals surface area contributed by atoms with E-state index in [4.69, 9.17) is 0 Å². The second-order valence-corrected chi connectivity index (χ2v) is 0.983. The van der Waals surface area contributed by atoms with Gasteiger partial charge < -0.3 is 4.74 Å². The summed E-state index contributed by atoms with van der Waals surface area (Å²) in [7, 11) is 1.53. The molecule has 1 rings (SSSR count). The highest BCUT2D eigenvalue weighted by Gasteiger charge is 1.82. The number of methoxy groups -OCH3 is 1. The predicted molar refractivity (Wildman–Crippen MR) is 22.8 cm³/mol. The van der Waals surface area contributed by atoms with Crippen molar-refractivity contribution < 1.29 is 4.74 Å². The Kier molecular flexibility index (Phi) is 0.868. The van der Waals surface area contributed by atoms with E-state index in [9.17, 15) is 0 Å². The fourth-order valence-electron chi connectivity index (χ4n) is 0.285. The van der Waals surface area contributed by atoms with E-state index >= 15 is 0 Å². The molecule has 0 spiro atoms. The zero-order valence-corrected chi connectivity index (χ0v) is 3.86. The average Bonchev–Trinajstić information content (AvgIpc) is 2.14. The van der Waals surface area contributed by atoms with E-state index < -0.39 is 0 Å². The van der Waals surface area contributed by atoms with Gasteiger partial charge in [-0.3, -0.25) is 4.98 Å². The summed E-state index contributed by atoms with van der Waals surface area (Å²) in [5.41, 5.74) is 0. The van der Waals surface area contributed by atoms with E-state index in [0.29, 0.717) is 6.01 Å². The Morgan fingerprint density at radius 3 is 3.00 bits per heavy atom. The molecule has 0 amide bonds. The summed E-state index contributed by atoms with van der Waals surface area (Å²) in [6, 6.07) is 0.444. The molecule has 1 heterocycles. The van der Waals surface area contributed by atoms with Gasteiger partial charge in [-0.05, 0) is 0 Å². The Morgan fingerprint density at radius 2 is 2.71 bits per heavy atom. The number of hydrogen-bond donors (Lipinski definition) is 1. The van der Waals surface area contributed by atoms with E-state index in [1.165, 1.54) is 7.11 Å². The second-order valence-electron chi connectivity index (χ2n) is 0.983. The molecule has 0 bridgehead atoms. The first-order valence-electron chi connectivity index (χ1n) is 1.81. The van der Waals surface area contributed by atoms with E-state index in [1.54, 1.807) is 0 Å². The Balaban J connectivity index is 2.76. The lowest BCUT2D eigenvalue weighted by Gasteiger charge is -1.84. The predicted octanol–water partition coefficient (Wildman–Crippen LogP) is 0.0187. The summed E-state index contributed by atoms with van der Waals surface area (Å²) in [5, 5.41) is 0. The number of hydrogen-bond acceptors (Lipinski definition) is 2. The molecule has 1 aromatic rings. The minimum absolute atomic E-state index is 0.444. The third-order valence-electron chi connectivity index (χ3n) is 0.576. The highest BCUT2D eigenvalue weighted by Crippen LogP contribution is 1.89. The Labute approximate surface area is 41.3 Å². The van der Waals surface area contributed by atoms with Gasteiger partial charge >= 0.3 is 6.01 Å². The van der Waals surface area contributed by atoms with Gasteiger partial charge in [0.15, 0.2) is 0 Å². The van der Waals surface area contributed by atoms with Gasteiger partial charge in [0.25, 0.3) is 0 Å². The molecule has 0 unspecified atom stereocenters. The van der Waals surface area contributed by atoms with Crippen LogP contribution in [0.15, 0.2) is 0 Å². The molecule has 7 heavy (non-hydrogen) atoms. The third kappa shape index (κ3) is 0.631. The quantitative estimate of drug-likeness (QED) is 0.535. The molecular weight excluding hydrogens is 92.1 g/mol. The fourth-order valence-corrected chi connectivity index (χ4v) is 0.285. The molecule has 0 saturated carbocycles. The van der Waals surface area contributed by atoms with E-state index in [-0.39, 0.29) is 0 Å². The van der Waals surface area contributed by atoms with E-state index in [2.05, 4.69) is 27.1 Å². The van der Waals surface area contributed by atoms with Crippen LogP contribution in [-0.2, 0) is 0 Å². The lowest BCUT2D eigenvalue weighted by molar-refractivity contribution is 0.383. The van der Waals surface area contributed by atoms with Crippen LogP contribution in [0.5, 0.6) is 6.01 Å². The summed E-state index contributed by atoms with van der Waals surface area (Å²) in [6.45, 7) is 0. The Bertz CT molecular complexity index is 124. The van der Waals surface area contributed by atoms with Crippen LogP contribution in [0.2, 0.25) is 0 Å². The summed E-state index contributed by atoms with van der Waals surface area (Å²) in [5.74, 6) is 0. The number of ether oxygens (including phenoxy) is 1. The van der Waals surface area contributed by atoms with E-state index in [1.807, 2.05) is 0 Å². The maximum absolute atomic E-state index is 4.62. The molecule has 0 aromatic carbocycles. The first-order chi connectivity index (χ1) is 3.43. The average molecular weight is 96.1 g/mol. The normalized spacial score (nSPS) is 7.57. The van der Waals surface area contributed by atoms with Gasteiger partial charge in [-0.15, -0.1) is 4.98 Å². The monoisotopic (exact) mass is 96.0 g/mol. The van der Waals surface area contributed by atoms with Crippen molar-refractivity contribution in [2.45, 2.75) is 0 Å². The second kappa shape index (κ2) is 1.52. The zero-order valence-electron chi connectivity index (χ0n) is 3.86.